The number of aromatic nitrogens is 2. The molecule has 0 atom stereocenters. The van der Waals surface area contributed by atoms with E-state index < -0.39 is 30.8 Å². The number of esters is 1. The third-order valence-electron chi connectivity index (χ3n) is 3.96. The SMILES string of the molecule is CCOC(=O)c1c(N)nc(-c2cccc(C#N)c2)nc1OC1CC(F)(F)C1. The maximum absolute atomic E-state index is 13.1. The second-order valence-corrected chi connectivity index (χ2v) is 6.03. The molecule has 1 fully saturated rings. The first-order valence-electron chi connectivity index (χ1n) is 8.22. The molecule has 1 saturated carbocycles. The lowest BCUT2D eigenvalue weighted by molar-refractivity contribution is -0.135. The summed E-state index contributed by atoms with van der Waals surface area (Å²) in [5, 5.41) is 9.03. The van der Waals surface area contributed by atoms with Crippen LogP contribution in [-0.4, -0.2) is 34.6 Å². The van der Waals surface area contributed by atoms with E-state index in [-0.39, 0.29) is 29.7 Å². The molecule has 1 aliphatic rings. The van der Waals surface area contributed by atoms with E-state index in [9.17, 15) is 13.6 Å². The highest BCUT2D eigenvalue weighted by Gasteiger charge is 2.47. The number of nitrogens with zero attached hydrogens (tertiary/aromatic N) is 3. The van der Waals surface area contributed by atoms with Crippen molar-refractivity contribution in [2.45, 2.75) is 31.8 Å². The molecule has 0 unspecified atom stereocenters. The van der Waals surface area contributed by atoms with Gasteiger partial charge in [0.05, 0.1) is 18.2 Å². The number of rotatable bonds is 5. The first kappa shape index (κ1) is 18.5. The molecule has 1 heterocycles. The van der Waals surface area contributed by atoms with E-state index in [1.807, 2.05) is 6.07 Å². The van der Waals surface area contributed by atoms with Crippen LogP contribution in [0.2, 0.25) is 0 Å². The van der Waals surface area contributed by atoms with Crippen LogP contribution < -0.4 is 10.5 Å². The second-order valence-electron chi connectivity index (χ2n) is 6.03. The molecule has 0 amide bonds. The predicted octanol–water partition coefficient (Wildman–Crippen LogP) is 2.95. The molecule has 0 aliphatic heterocycles. The zero-order chi connectivity index (χ0) is 19.6. The molecule has 0 saturated heterocycles. The fourth-order valence-electron chi connectivity index (χ4n) is 2.64. The first-order valence-corrected chi connectivity index (χ1v) is 8.22. The van der Waals surface area contributed by atoms with Gasteiger partial charge < -0.3 is 15.2 Å². The van der Waals surface area contributed by atoms with Crippen molar-refractivity contribution in [3.05, 3.63) is 35.4 Å². The number of benzene rings is 1. The number of carbonyl (C=O) groups excluding carboxylic acids is 1. The summed E-state index contributed by atoms with van der Waals surface area (Å²) >= 11 is 0. The molecule has 0 radical (unpaired) electrons. The number of ether oxygens (including phenoxy) is 2. The standard InChI is InChI=1S/C18H16F2N4O3/c1-2-26-17(25)13-14(22)23-15(11-5-3-4-10(6-11)9-21)24-16(13)27-12-7-18(19,20)8-12/h3-6,12H,2,7-8H2,1H3,(H2,22,23,24). The van der Waals surface area contributed by atoms with Crippen molar-refractivity contribution in [3.8, 4) is 23.3 Å². The van der Waals surface area contributed by atoms with Crippen molar-refractivity contribution in [1.82, 2.24) is 9.97 Å². The smallest absolute Gasteiger partial charge is 0.347 e. The summed E-state index contributed by atoms with van der Waals surface area (Å²) in [6.45, 7) is 1.70. The highest BCUT2D eigenvalue weighted by atomic mass is 19.3. The normalized spacial score (nSPS) is 15.5. The van der Waals surface area contributed by atoms with Gasteiger partial charge in [0.2, 0.25) is 5.88 Å². The molecule has 2 aromatic rings. The van der Waals surface area contributed by atoms with Crippen LogP contribution in [0.3, 0.4) is 0 Å². The van der Waals surface area contributed by atoms with Crippen LogP contribution in [0.25, 0.3) is 11.4 Å². The Morgan fingerprint density at radius 3 is 2.78 bits per heavy atom. The lowest BCUT2D eigenvalue weighted by atomic mass is 9.91. The van der Waals surface area contributed by atoms with E-state index in [0.29, 0.717) is 11.1 Å². The van der Waals surface area contributed by atoms with Gasteiger partial charge >= 0.3 is 5.97 Å². The number of nitrogen functional groups attached to an aromatic ring is 1. The van der Waals surface area contributed by atoms with E-state index in [1.54, 1.807) is 31.2 Å². The van der Waals surface area contributed by atoms with Crippen LogP contribution in [0.4, 0.5) is 14.6 Å². The maximum Gasteiger partial charge on any atom is 0.347 e. The Labute approximate surface area is 153 Å². The Morgan fingerprint density at radius 2 is 2.15 bits per heavy atom. The van der Waals surface area contributed by atoms with Crippen LogP contribution in [0, 0.1) is 11.3 Å². The van der Waals surface area contributed by atoms with Crippen molar-refractivity contribution in [1.29, 1.82) is 5.26 Å². The van der Waals surface area contributed by atoms with Crippen LogP contribution >= 0.6 is 0 Å². The number of halogens is 2. The van der Waals surface area contributed by atoms with Crippen LogP contribution in [-0.2, 0) is 4.74 Å². The highest BCUT2D eigenvalue weighted by molar-refractivity contribution is 5.97. The number of hydrogen-bond acceptors (Lipinski definition) is 7. The minimum absolute atomic E-state index is 0.0885. The second kappa shape index (κ2) is 7.15. The quantitative estimate of drug-likeness (QED) is 0.801. The van der Waals surface area contributed by atoms with E-state index in [0.717, 1.165) is 0 Å². The lowest BCUT2D eigenvalue weighted by Crippen LogP contribution is -2.43. The third kappa shape index (κ3) is 3.95. The van der Waals surface area contributed by atoms with Gasteiger partial charge in [-0.15, -0.1) is 0 Å². The molecule has 7 nitrogen and oxygen atoms in total. The molecule has 140 valence electrons. The fourth-order valence-corrected chi connectivity index (χ4v) is 2.64. The Hall–Kier alpha value is -3.28. The largest absolute Gasteiger partial charge is 0.473 e. The van der Waals surface area contributed by atoms with Crippen molar-refractivity contribution in [3.63, 3.8) is 0 Å². The van der Waals surface area contributed by atoms with Crippen molar-refractivity contribution in [2.75, 3.05) is 12.3 Å². The van der Waals surface area contributed by atoms with Crippen molar-refractivity contribution < 1.29 is 23.0 Å². The molecule has 27 heavy (non-hydrogen) atoms. The molecule has 3 rings (SSSR count). The minimum atomic E-state index is -2.79. The van der Waals surface area contributed by atoms with Gasteiger partial charge in [0.15, 0.2) is 11.4 Å². The van der Waals surface area contributed by atoms with Gasteiger partial charge in [0.25, 0.3) is 5.92 Å². The monoisotopic (exact) mass is 374 g/mol. The predicted molar refractivity (Wildman–Crippen MR) is 91.1 cm³/mol. The summed E-state index contributed by atoms with van der Waals surface area (Å²) in [4.78, 5) is 20.5. The van der Waals surface area contributed by atoms with Crippen LogP contribution in [0.5, 0.6) is 5.88 Å². The summed E-state index contributed by atoms with van der Waals surface area (Å²) < 4.78 is 36.7. The molecule has 0 spiro atoms. The maximum atomic E-state index is 13.1. The first-order chi connectivity index (χ1) is 12.8. The highest BCUT2D eigenvalue weighted by Crippen LogP contribution is 2.40. The minimum Gasteiger partial charge on any atom is -0.473 e. The number of nitrogens with two attached hydrogens (primary N) is 1. The van der Waals surface area contributed by atoms with Crippen molar-refractivity contribution in [2.24, 2.45) is 0 Å². The Kier molecular flexibility index (Phi) is 4.90. The molecule has 1 aliphatic carbocycles. The Morgan fingerprint density at radius 1 is 1.41 bits per heavy atom. The summed E-state index contributed by atoms with van der Waals surface area (Å²) in [6, 6.07) is 8.44. The number of anilines is 1. The molecule has 0 bridgehead atoms. The van der Waals surface area contributed by atoms with Gasteiger partial charge in [-0.25, -0.2) is 18.6 Å². The number of hydrogen-bond donors (Lipinski definition) is 1. The fraction of sp³-hybridized carbons (Fsp3) is 0.333. The van der Waals surface area contributed by atoms with Gasteiger partial charge in [-0.05, 0) is 19.1 Å². The zero-order valence-electron chi connectivity index (χ0n) is 14.4. The Bertz CT molecular complexity index is 919. The third-order valence-corrected chi connectivity index (χ3v) is 3.96. The molecule has 9 heteroatoms. The van der Waals surface area contributed by atoms with E-state index in [1.165, 1.54) is 0 Å². The van der Waals surface area contributed by atoms with Crippen LogP contribution in [0.1, 0.15) is 35.7 Å². The van der Waals surface area contributed by atoms with E-state index >= 15 is 0 Å². The van der Waals surface area contributed by atoms with Crippen molar-refractivity contribution >= 4 is 11.8 Å². The molecule has 1 aromatic carbocycles. The van der Waals surface area contributed by atoms with Gasteiger partial charge in [-0.3, -0.25) is 0 Å². The van der Waals surface area contributed by atoms with Crippen LogP contribution in [0.15, 0.2) is 24.3 Å². The topological polar surface area (TPSA) is 111 Å². The summed E-state index contributed by atoms with van der Waals surface area (Å²) in [7, 11) is 0. The van der Waals surface area contributed by atoms with E-state index in [4.69, 9.17) is 20.5 Å². The number of nitriles is 1. The van der Waals surface area contributed by atoms with Gasteiger partial charge in [-0.2, -0.15) is 10.2 Å². The summed E-state index contributed by atoms with van der Waals surface area (Å²) in [5.74, 6) is -3.88. The lowest BCUT2D eigenvalue weighted by Gasteiger charge is -2.34. The van der Waals surface area contributed by atoms with Gasteiger partial charge in [0.1, 0.15) is 11.9 Å². The van der Waals surface area contributed by atoms with Gasteiger partial charge in [0, 0.05) is 18.4 Å². The molecular formula is C18H16F2N4O3. The molecular weight excluding hydrogens is 358 g/mol. The van der Waals surface area contributed by atoms with Gasteiger partial charge in [-0.1, -0.05) is 12.1 Å². The average Bonchev–Trinajstić information content (AvgIpc) is 2.60. The summed E-state index contributed by atoms with van der Waals surface area (Å²) in [6.07, 6.45) is -1.74. The molecule has 2 N–H and O–H groups in total. The zero-order valence-corrected chi connectivity index (χ0v) is 14.4. The number of alkyl halides is 2. The average molecular weight is 374 g/mol. The van der Waals surface area contributed by atoms with E-state index in [2.05, 4.69) is 9.97 Å². The molecule has 1 aromatic heterocycles. The Balaban J connectivity index is 2.02. The summed E-state index contributed by atoms with van der Waals surface area (Å²) in [5.41, 5.74) is 6.56. The number of carbonyl (C=O) groups is 1.